The van der Waals surface area contributed by atoms with E-state index in [2.05, 4.69) is 27.7 Å². The van der Waals surface area contributed by atoms with Crippen molar-refractivity contribution in [2.45, 2.75) is 85.5 Å². The Kier molecular flexibility index (Phi) is 5.86. The Morgan fingerprint density at radius 2 is 1.62 bits per heavy atom. The van der Waals surface area contributed by atoms with E-state index in [1.807, 2.05) is 0 Å². The van der Waals surface area contributed by atoms with Crippen LogP contribution >= 0.6 is 0 Å². The average molecular weight is 224 g/mol. The Morgan fingerprint density at radius 1 is 0.938 bits per heavy atom. The maximum Gasteiger partial charge on any atom is -0.0337 e. The second-order valence-electron chi connectivity index (χ2n) is 6.87. The molecule has 0 heterocycles. The molecule has 0 aromatic rings. The van der Waals surface area contributed by atoms with Gasteiger partial charge in [0.25, 0.3) is 0 Å². The van der Waals surface area contributed by atoms with Crippen LogP contribution in [0.4, 0.5) is 0 Å². The number of unbranched alkanes of at least 4 members (excludes halogenated alkanes) is 3. The molecule has 0 bridgehead atoms. The molecule has 16 heavy (non-hydrogen) atoms. The van der Waals surface area contributed by atoms with Crippen LogP contribution in [-0.2, 0) is 0 Å². The van der Waals surface area contributed by atoms with Crippen molar-refractivity contribution in [3.05, 3.63) is 0 Å². The van der Waals surface area contributed by atoms with E-state index in [1.165, 1.54) is 57.8 Å². The van der Waals surface area contributed by atoms with E-state index < -0.39 is 0 Å². The van der Waals surface area contributed by atoms with E-state index in [0.29, 0.717) is 5.41 Å². The third kappa shape index (κ3) is 4.47. The molecule has 0 aliphatic heterocycles. The second-order valence-corrected chi connectivity index (χ2v) is 6.87. The third-order valence-electron chi connectivity index (χ3n) is 4.45. The summed E-state index contributed by atoms with van der Waals surface area (Å²) < 4.78 is 0. The van der Waals surface area contributed by atoms with Gasteiger partial charge < -0.3 is 0 Å². The quantitative estimate of drug-likeness (QED) is 0.517. The Bertz CT molecular complexity index is 175. The largest absolute Gasteiger partial charge is 0.0654 e. The lowest BCUT2D eigenvalue weighted by Crippen LogP contribution is -2.31. The molecule has 0 aromatic carbocycles. The smallest absolute Gasteiger partial charge is 0.0337 e. The highest BCUT2D eigenvalue weighted by Crippen LogP contribution is 2.43. The van der Waals surface area contributed by atoms with Crippen molar-refractivity contribution in [1.29, 1.82) is 0 Å². The van der Waals surface area contributed by atoms with E-state index in [0.717, 1.165) is 11.8 Å². The van der Waals surface area contributed by atoms with Gasteiger partial charge in [-0.25, -0.2) is 0 Å². The van der Waals surface area contributed by atoms with Crippen LogP contribution in [0.1, 0.15) is 85.5 Å². The summed E-state index contributed by atoms with van der Waals surface area (Å²) in [6.07, 6.45) is 13.2. The fourth-order valence-electron chi connectivity index (χ4n) is 3.53. The molecule has 2 atom stereocenters. The monoisotopic (exact) mass is 224 g/mol. The topological polar surface area (TPSA) is 0 Å². The van der Waals surface area contributed by atoms with Crippen LogP contribution in [0, 0.1) is 17.3 Å². The van der Waals surface area contributed by atoms with Crippen molar-refractivity contribution in [1.82, 2.24) is 0 Å². The molecule has 0 aromatic heterocycles. The Morgan fingerprint density at radius 3 is 2.25 bits per heavy atom. The van der Waals surface area contributed by atoms with Gasteiger partial charge in [-0.1, -0.05) is 79.1 Å². The molecule has 0 amide bonds. The Balaban J connectivity index is 2.35. The van der Waals surface area contributed by atoms with Gasteiger partial charge in [0.1, 0.15) is 0 Å². The summed E-state index contributed by atoms with van der Waals surface area (Å²) >= 11 is 0. The van der Waals surface area contributed by atoms with Crippen LogP contribution in [0.2, 0.25) is 0 Å². The van der Waals surface area contributed by atoms with Gasteiger partial charge >= 0.3 is 0 Å². The summed E-state index contributed by atoms with van der Waals surface area (Å²) in [6, 6.07) is 0. The molecule has 0 N–H and O–H groups in total. The first-order chi connectivity index (χ1) is 7.55. The zero-order valence-electron chi connectivity index (χ0n) is 12.0. The highest BCUT2D eigenvalue weighted by molar-refractivity contribution is 4.83. The van der Waals surface area contributed by atoms with Crippen LogP contribution in [0.3, 0.4) is 0 Å². The van der Waals surface area contributed by atoms with E-state index in [4.69, 9.17) is 0 Å². The van der Waals surface area contributed by atoms with E-state index in [-0.39, 0.29) is 0 Å². The number of hydrogen-bond acceptors (Lipinski definition) is 0. The summed E-state index contributed by atoms with van der Waals surface area (Å²) in [6.45, 7) is 9.64. The summed E-state index contributed by atoms with van der Waals surface area (Å²) in [7, 11) is 0. The molecule has 1 rings (SSSR count). The van der Waals surface area contributed by atoms with Crippen molar-refractivity contribution in [2.24, 2.45) is 17.3 Å². The fourth-order valence-corrected chi connectivity index (χ4v) is 3.53. The lowest BCUT2D eigenvalue weighted by Gasteiger charge is -2.40. The lowest BCUT2D eigenvalue weighted by atomic mass is 9.65. The van der Waals surface area contributed by atoms with Gasteiger partial charge in [-0.15, -0.1) is 0 Å². The van der Waals surface area contributed by atoms with Crippen LogP contribution in [0.25, 0.3) is 0 Å². The van der Waals surface area contributed by atoms with Gasteiger partial charge in [-0.3, -0.25) is 0 Å². The second kappa shape index (κ2) is 6.67. The number of rotatable bonds is 5. The van der Waals surface area contributed by atoms with Crippen molar-refractivity contribution >= 4 is 0 Å². The summed E-state index contributed by atoms with van der Waals surface area (Å²) in [5.74, 6) is 2.02. The van der Waals surface area contributed by atoms with Crippen LogP contribution < -0.4 is 0 Å². The predicted octanol–water partition coefficient (Wildman–Crippen LogP) is 5.81. The molecule has 0 radical (unpaired) electrons. The minimum atomic E-state index is 0.538. The zero-order chi connectivity index (χ0) is 12.0. The van der Waals surface area contributed by atoms with Gasteiger partial charge in [-0.05, 0) is 23.7 Å². The molecule has 0 spiro atoms. The third-order valence-corrected chi connectivity index (χ3v) is 4.45. The maximum atomic E-state index is 2.45. The molecule has 1 fully saturated rings. The van der Waals surface area contributed by atoms with E-state index in [9.17, 15) is 0 Å². The number of hydrogen-bond donors (Lipinski definition) is 0. The maximum absolute atomic E-state index is 2.45. The molecule has 1 saturated carbocycles. The molecule has 2 unspecified atom stereocenters. The first-order valence-electron chi connectivity index (χ1n) is 7.55. The van der Waals surface area contributed by atoms with Crippen molar-refractivity contribution in [3.8, 4) is 0 Å². The van der Waals surface area contributed by atoms with Crippen molar-refractivity contribution in [3.63, 3.8) is 0 Å². The molecular formula is C16H32. The van der Waals surface area contributed by atoms with E-state index in [1.54, 1.807) is 0 Å². The van der Waals surface area contributed by atoms with Gasteiger partial charge in [0, 0.05) is 0 Å². The summed E-state index contributed by atoms with van der Waals surface area (Å²) in [4.78, 5) is 0. The molecule has 0 heteroatoms. The SMILES string of the molecule is CCCCCCC1CCCCC1C(C)(C)C. The van der Waals surface area contributed by atoms with Crippen LogP contribution in [-0.4, -0.2) is 0 Å². The highest BCUT2D eigenvalue weighted by atomic mass is 14.4. The Labute approximate surface area is 103 Å². The minimum Gasteiger partial charge on any atom is -0.0654 e. The molecule has 1 aliphatic carbocycles. The molecule has 0 saturated heterocycles. The first kappa shape index (κ1) is 14.1. The van der Waals surface area contributed by atoms with Gasteiger partial charge in [0.05, 0.1) is 0 Å². The average Bonchev–Trinajstić information content (AvgIpc) is 2.24. The van der Waals surface area contributed by atoms with Crippen LogP contribution in [0.15, 0.2) is 0 Å². The highest BCUT2D eigenvalue weighted by Gasteiger charge is 2.33. The molecule has 1 aliphatic rings. The predicted molar refractivity (Wildman–Crippen MR) is 73.7 cm³/mol. The normalized spacial score (nSPS) is 27.0. The molecular weight excluding hydrogens is 192 g/mol. The van der Waals surface area contributed by atoms with Gasteiger partial charge in [0.2, 0.25) is 0 Å². The minimum absolute atomic E-state index is 0.538. The standard InChI is InChI=1S/C16H32/c1-5-6-7-8-11-14-12-9-10-13-15(14)16(2,3)4/h14-15H,5-13H2,1-4H3. The zero-order valence-corrected chi connectivity index (χ0v) is 12.0. The lowest BCUT2D eigenvalue weighted by molar-refractivity contribution is 0.0995. The molecule has 0 nitrogen and oxygen atoms in total. The Hall–Kier alpha value is 0. The van der Waals surface area contributed by atoms with Crippen molar-refractivity contribution in [2.75, 3.05) is 0 Å². The van der Waals surface area contributed by atoms with Crippen LogP contribution in [0.5, 0.6) is 0 Å². The molecule has 96 valence electrons. The summed E-state index contributed by atoms with van der Waals surface area (Å²) in [5.41, 5.74) is 0.538. The fraction of sp³-hybridized carbons (Fsp3) is 1.00. The van der Waals surface area contributed by atoms with E-state index >= 15 is 0 Å². The van der Waals surface area contributed by atoms with Crippen molar-refractivity contribution < 1.29 is 0 Å². The van der Waals surface area contributed by atoms with Gasteiger partial charge in [-0.2, -0.15) is 0 Å². The summed E-state index contributed by atoms with van der Waals surface area (Å²) in [5, 5.41) is 0. The van der Waals surface area contributed by atoms with Gasteiger partial charge in [0.15, 0.2) is 0 Å². The first-order valence-corrected chi connectivity index (χ1v) is 7.55.